The van der Waals surface area contributed by atoms with Gasteiger partial charge in [-0.05, 0) is 67.2 Å². The van der Waals surface area contributed by atoms with Crippen LogP contribution in [0.5, 0.6) is 5.75 Å². The van der Waals surface area contributed by atoms with Crippen molar-refractivity contribution in [3.8, 4) is 17.0 Å². The van der Waals surface area contributed by atoms with Crippen molar-refractivity contribution in [3.05, 3.63) is 76.2 Å². The number of amides is 1. The first-order valence-electron chi connectivity index (χ1n) is 12.8. The molecule has 0 spiro atoms. The van der Waals surface area contributed by atoms with Gasteiger partial charge in [-0.3, -0.25) is 10.1 Å². The van der Waals surface area contributed by atoms with Gasteiger partial charge in [0.05, 0.1) is 36.1 Å². The number of para-hydroxylation sites is 1. The number of thiophene rings is 1. The quantitative estimate of drug-likeness (QED) is 0.200. The molecule has 1 aliphatic rings. The molecule has 1 aliphatic carbocycles. The summed E-state index contributed by atoms with van der Waals surface area (Å²) in [4.78, 5) is 32.0. The third kappa shape index (κ3) is 5.79. The zero-order valence-electron chi connectivity index (χ0n) is 22.0. The highest BCUT2D eigenvalue weighted by Crippen LogP contribution is 2.39. The van der Waals surface area contributed by atoms with Gasteiger partial charge in [0.15, 0.2) is 5.11 Å². The highest BCUT2D eigenvalue weighted by molar-refractivity contribution is 7.80. The molecule has 4 aromatic rings. The molecule has 2 aromatic heterocycles. The number of pyridine rings is 1. The highest BCUT2D eigenvalue weighted by Gasteiger charge is 2.28. The van der Waals surface area contributed by atoms with E-state index < -0.39 is 5.97 Å². The van der Waals surface area contributed by atoms with E-state index in [1.807, 2.05) is 48.5 Å². The number of aryl methyl sites for hydroxylation is 1. The monoisotopic (exact) mass is 559 g/mol. The first kappa shape index (κ1) is 26.8. The van der Waals surface area contributed by atoms with Crippen molar-refractivity contribution in [1.29, 1.82) is 0 Å². The molecule has 9 heteroatoms. The maximum Gasteiger partial charge on any atom is 0.341 e. The number of carbonyl (C=O) groups is 2. The Morgan fingerprint density at radius 1 is 1.10 bits per heavy atom. The Bertz CT molecular complexity index is 1580. The Morgan fingerprint density at radius 3 is 2.72 bits per heavy atom. The van der Waals surface area contributed by atoms with E-state index in [0.29, 0.717) is 45.2 Å². The van der Waals surface area contributed by atoms with E-state index in [0.717, 1.165) is 41.0 Å². The summed E-state index contributed by atoms with van der Waals surface area (Å²) in [6.45, 7) is 4.80. The Kier molecular flexibility index (Phi) is 7.90. The molecule has 2 heterocycles. The van der Waals surface area contributed by atoms with E-state index in [4.69, 9.17) is 26.7 Å². The van der Waals surface area contributed by atoms with Crippen LogP contribution in [0.1, 0.15) is 51.4 Å². The molecule has 0 bridgehead atoms. The number of carbonyl (C=O) groups excluding carboxylic acids is 2. The average Bonchev–Trinajstić information content (AvgIpc) is 3.52. The van der Waals surface area contributed by atoms with Gasteiger partial charge in [-0.25, -0.2) is 9.78 Å². The number of ether oxygens (including phenoxy) is 2. The van der Waals surface area contributed by atoms with Gasteiger partial charge in [0.1, 0.15) is 10.8 Å². The number of thiocarbonyl (C=S) groups is 1. The topological polar surface area (TPSA) is 89.6 Å². The van der Waals surface area contributed by atoms with E-state index >= 15 is 0 Å². The Balaban J connectivity index is 1.42. The summed E-state index contributed by atoms with van der Waals surface area (Å²) in [7, 11) is 1.36. The first-order chi connectivity index (χ1) is 18.8. The number of esters is 1. The number of rotatable bonds is 7. The minimum atomic E-state index is -0.407. The summed E-state index contributed by atoms with van der Waals surface area (Å²) >= 11 is 6.98. The second-order valence-electron chi connectivity index (χ2n) is 9.77. The molecular weight excluding hydrogens is 530 g/mol. The normalized spacial score (nSPS) is 12.3. The summed E-state index contributed by atoms with van der Waals surface area (Å²) < 4.78 is 10.9. The second-order valence-corrected chi connectivity index (χ2v) is 11.3. The molecule has 200 valence electrons. The Hall–Kier alpha value is -3.82. The second kappa shape index (κ2) is 11.5. The lowest BCUT2D eigenvalue weighted by Gasteiger charge is -2.13. The van der Waals surface area contributed by atoms with Crippen LogP contribution in [0.15, 0.2) is 54.6 Å². The predicted molar refractivity (Wildman–Crippen MR) is 159 cm³/mol. The largest absolute Gasteiger partial charge is 0.493 e. The molecule has 0 aliphatic heterocycles. The van der Waals surface area contributed by atoms with Gasteiger partial charge in [-0.2, -0.15) is 0 Å². The van der Waals surface area contributed by atoms with Gasteiger partial charge in [-0.1, -0.05) is 44.2 Å². The van der Waals surface area contributed by atoms with Crippen molar-refractivity contribution in [2.24, 2.45) is 5.92 Å². The van der Waals surface area contributed by atoms with Crippen molar-refractivity contribution in [1.82, 2.24) is 10.3 Å². The summed E-state index contributed by atoms with van der Waals surface area (Å²) in [5.74, 6) is 0.370. The van der Waals surface area contributed by atoms with Gasteiger partial charge in [-0.15, -0.1) is 11.3 Å². The number of methoxy groups -OCH3 is 1. The molecular formula is C30H29N3O4S2. The molecule has 0 fully saturated rings. The highest BCUT2D eigenvalue weighted by atomic mass is 32.1. The zero-order chi connectivity index (χ0) is 27.5. The molecule has 0 saturated heterocycles. The smallest absolute Gasteiger partial charge is 0.341 e. The Morgan fingerprint density at radius 2 is 1.92 bits per heavy atom. The fourth-order valence-corrected chi connectivity index (χ4v) is 6.18. The van der Waals surface area contributed by atoms with Gasteiger partial charge < -0.3 is 14.8 Å². The van der Waals surface area contributed by atoms with Crippen molar-refractivity contribution < 1.29 is 19.1 Å². The van der Waals surface area contributed by atoms with Crippen LogP contribution in [0, 0.1) is 5.92 Å². The van der Waals surface area contributed by atoms with Crippen LogP contribution in [0.25, 0.3) is 22.2 Å². The number of nitrogens with one attached hydrogen (secondary N) is 2. The number of nitrogens with zero attached hydrogens (tertiary/aromatic N) is 1. The molecule has 2 N–H and O–H groups in total. The summed E-state index contributed by atoms with van der Waals surface area (Å²) in [6.07, 6.45) is 2.75. The summed E-state index contributed by atoms with van der Waals surface area (Å²) in [6, 6.07) is 17.0. The van der Waals surface area contributed by atoms with Gasteiger partial charge in [0.2, 0.25) is 0 Å². The zero-order valence-corrected chi connectivity index (χ0v) is 23.6. The third-order valence-electron chi connectivity index (χ3n) is 6.44. The van der Waals surface area contributed by atoms with E-state index in [-0.39, 0.29) is 11.0 Å². The van der Waals surface area contributed by atoms with Crippen molar-refractivity contribution in [3.63, 3.8) is 0 Å². The fraction of sp³-hybridized carbons (Fsp3) is 0.267. The number of fused-ring (bicyclic) bond motifs is 2. The first-order valence-corrected chi connectivity index (χ1v) is 14.0. The molecule has 7 nitrogen and oxygen atoms in total. The van der Waals surface area contributed by atoms with Crippen molar-refractivity contribution >= 4 is 56.4 Å². The molecule has 5 rings (SSSR count). The minimum absolute atomic E-state index is 0.108. The van der Waals surface area contributed by atoms with E-state index in [2.05, 4.69) is 24.5 Å². The van der Waals surface area contributed by atoms with Crippen LogP contribution in [-0.2, 0) is 17.6 Å². The standard InChI is InChI=1S/C30H29N3O4S2/c1-17(2)16-37-19-9-6-8-18(14-19)24-15-22(20-10-4-5-12-23(20)31-24)27(34)32-30(38)33-28-26(29(35)36-3)21-11-7-13-25(21)39-28/h4-6,8-10,12,14-15,17H,7,11,13,16H2,1-3H3,(H2,32,33,34,38). The van der Waals surface area contributed by atoms with E-state index in [1.54, 1.807) is 6.07 Å². The molecule has 0 atom stereocenters. The maximum absolute atomic E-state index is 13.5. The molecule has 39 heavy (non-hydrogen) atoms. The predicted octanol–water partition coefficient (Wildman–Crippen LogP) is 6.40. The number of hydrogen-bond acceptors (Lipinski definition) is 7. The summed E-state index contributed by atoms with van der Waals surface area (Å²) in [5.41, 5.74) is 4.13. The third-order valence-corrected chi connectivity index (χ3v) is 7.85. The van der Waals surface area contributed by atoms with Crippen LogP contribution in [0.3, 0.4) is 0 Å². The van der Waals surface area contributed by atoms with Crippen LogP contribution in [-0.4, -0.2) is 35.7 Å². The van der Waals surface area contributed by atoms with Crippen molar-refractivity contribution in [2.75, 3.05) is 19.0 Å². The van der Waals surface area contributed by atoms with Gasteiger partial charge in [0, 0.05) is 15.8 Å². The lowest BCUT2D eigenvalue weighted by molar-refractivity contribution is 0.0601. The van der Waals surface area contributed by atoms with Crippen LogP contribution in [0.2, 0.25) is 0 Å². The average molecular weight is 560 g/mol. The molecule has 0 radical (unpaired) electrons. The van der Waals surface area contributed by atoms with Crippen LogP contribution >= 0.6 is 23.6 Å². The molecule has 2 aromatic carbocycles. The Labute approximate surface area is 236 Å². The van der Waals surface area contributed by atoms with E-state index in [9.17, 15) is 9.59 Å². The molecule has 0 saturated carbocycles. The number of benzene rings is 2. The van der Waals surface area contributed by atoms with E-state index in [1.165, 1.54) is 18.4 Å². The lowest BCUT2D eigenvalue weighted by Crippen LogP contribution is -2.34. The summed E-state index contributed by atoms with van der Waals surface area (Å²) in [5, 5.41) is 7.27. The molecule has 0 unspecified atom stereocenters. The lowest BCUT2D eigenvalue weighted by atomic mass is 10.0. The fourth-order valence-electron chi connectivity index (χ4n) is 4.63. The van der Waals surface area contributed by atoms with Crippen LogP contribution in [0.4, 0.5) is 5.00 Å². The van der Waals surface area contributed by atoms with Crippen molar-refractivity contribution in [2.45, 2.75) is 33.1 Å². The number of anilines is 1. The maximum atomic E-state index is 13.5. The van der Waals surface area contributed by atoms with Crippen LogP contribution < -0.4 is 15.4 Å². The number of hydrogen-bond donors (Lipinski definition) is 2. The number of aromatic nitrogens is 1. The minimum Gasteiger partial charge on any atom is -0.493 e. The molecule has 1 amide bonds. The van der Waals surface area contributed by atoms with Gasteiger partial charge >= 0.3 is 5.97 Å². The SMILES string of the molecule is COC(=O)c1c(NC(=S)NC(=O)c2cc(-c3cccc(OCC(C)C)c3)nc3ccccc23)sc2c1CCC2. The van der Waals surface area contributed by atoms with Gasteiger partial charge in [0.25, 0.3) is 5.91 Å².